The Hall–Kier alpha value is -1.16. The summed E-state index contributed by atoms with van der Waals surface area (Å²) in [6.07, 6.45) is -0.224. The maximum Gasteiger partial charge on any atom is 0.320 e. The van der Waals surface area contributed by atoms with Gasteiger partial charge in [0.1, 0.15) is 6.04 Å². The molecule has 0 aromatic heterocycles. The van der Waals surface area contributed by atoms with Gasteiger partial charge in [-0.2, -0.15) is 0 Å². The number of hydrogen-bond donors (Lipinski definition) is 5. The number of rotatable bonds is 4. The number of hydrogen-bond acceptors (Lipinski definition) is 5. The number of carboxylic acids is 4. The van der Waals surface area contributed by atoms with Gasteiger partial charge in [0.05, 0.1) is 0 Å². The SMILES string of the molecule is CC(=O)O.CC(=O)O.N[C@@H](CCC(=O)O)C(=O)O.[Na]. The van der Waals surface area contributed by atoms with E-state index in [1.54, 1.807) is 0 Å². The Labute approximate surface area is 131 Å². The summed E-state index contributed by atoms with van der Waals surface area (Å²) >= 11 is 0. The summed E-state index contributed by atoms with van der Waals surface area (Å²) in [6.45, 7) is 2.17. The van der Waals surface area contributed by atoms with Gasteiger partial charge in [0.15, 0.2) is 0 Å². The van der Waals surface area contributed by atoms with E-state index in [0.717, 1.165) is 13.8 Å². The molecule has 0 unspecified atom stereocenters. The fraction of sp³-hybridized carbons (Fsp3) is 0.556. The first-order valence-electron chi connectivity index (χ1n) is 4.59. The maximum atomic E-state index is 9.99. The van der Waals surface area contributed by atoms with Crippen LogP contribution in [0.1, 0.15) is 26.7 Å². The molecule has 19 heavy (non-hydrogen) atoms. The van der Waals surface area contributed by atoms with Gasteiger partial charge in [0.25, 0.3) is 11.9 Å². The van der Waals surface area contributed by atoms with Crippen molar-refractivity contribution in [2.24, 2.45) is 5.73 Å². The molecule has 0 fully saturated rings. The van der Waals surface area contributed by atoms with E-state index in [2.05, 4.69) is 0 Å². The van der Waals surface area contributed by atoms with E-state index in [1.807, 2.05) is 0 Å². The van der Waals surface area contributed by atoms with E-state index < -0.39 is 29.9 Å². The minimum atomic E-state index is -1.17. The molecule has 0 aliphatic rings. The molecule has 0 aromatic carbocycles. The van der Waals surface area contributed by atoms with E-state index in [0.29, 0.717) is 0 Å². The predicted octanol–water partition coefficient (Wildman–Crippen LogP) is -0.936. The normalized spacial score (nSPS) is 9.21. The van der Waals surface area contributed by atoms with Crippen LogP contribution in [0.25, 0.3) is 0 Å². The number of carboxylic acid groups (broad SMARTS) is 4. The van der Waals surface area contributed by atoms with E-state index in [4.69, 9.17) is 35.7 Å². The molecule has 0 aliphatic carbocycles. The Bertz CT molecular complexity index is 274. The Morgan fingerprint density at radius 1 is 0.947 bits per heavy atom. The fourth-order valence-corrected chi connectivity index (χ4v) is 0.402. The molecule has 0 aliphatic heterocycles. The van der Waals surface area contributed by atoms with Crippen molar-refractivity contribution in [2.45, 2.75) is 32.7 Å². The third-order valence-corrected chi connectivity index (χ3v) is 0.986. The quantitative estimate of drug-likeness (QED) is 0.409. The summed E-state index contributed by atoms with van der Waals surface area (Å²) in [7, 11) is 0. The standard InChI is InChI=1S/C5H9NO4.2C2H4O2.Na/c6-3(5(9)10)1-2-4(7)8;2*1-2(3)4;/h3H,1-2,6H2,(H,7,8)(H,9,10);2*1H3,(H,3,4);/t3-;;;/m0.../s1. The van der Waals surface area contributed by atoms with Crippen molar-refractivity contribution in [3.8, 4) is 0 Å². The van der Waals surface area contributed by atoms with E-state index in [9.17, 15) is 9.59 Å². The van der Waals surface area contributed by atoms with Crippen LogP contribution in [0.4, 0.5) is 0 Å². The zero-order chi connectivity index (χ0) is 15.3. The Morgan fingerprint density at radius 3 is 1.37 bits per heavy atom. The van der Waals surface area contributed by atoms with Crippen LogP contribution in [-0.2, 0) is 19.2 Å². The minimum absolute atomic E-state index is 0. The minimum Gasteiger partial charge on any atom is -0.481 e. The first-order chi connectivity index (χ1) is 8.00. The Kier molecular flexibility index (Phi) is 23.4. The molecule has 9 nitrogen and oxygen atoms in total. The summed E-state index contributed by atoms with van der Waals surface area (Å²) < 4.78 is 0. The van der Waals surface area contributed by atoms with Gasteiger partial charge in [-0.05, 0) is 6.42 Å². The van der Waals surface area contributed by atoms with Gasteiger partial charge < -0.3 is 26.2 Å². The molecule has 0 spiro atoms. The topological polar surface area (TPSA) is 175 Å². The summed E-state index contributed by atoms with van der Waals surface area (Å²) in [6, 6.07) is -1.06. The molecule has 107 valence electrons. The Balaban J connectivity index is -0.000000105. The van der Waals surface area contributed by atoms with Crippen LogP contribution >= 0.6 is 0 Å². The van der Waals surface area contributed by atoms with Gasteiger partial charge in [-0.15, -0.1) is 0 Å². The summed E-state index contributed by atoms with van der Waals surface area (Å²) in [5.41, 5.74) is 5.00. The molecule has 0 bridgehead atoms. The molecule has 0 aromatic rings. The molecular formula is C9H17NNaO8. The van der Waals surface area contributed by atoms with Gasteiger partial charge in [0, 0.05) is 49.8 Å². The number of aliphatic carboxylic acids is 4. The molecule has 1 radical (unpaired) electrons. The average Bonchev–Trinajstić information content (AvgIpc) is 2.11. The first-order valence-corrected chi connectivity index (χ1v) is 4.59. The smallest absolute Gasteiger partial charge is 0.320 e. The summed E-state index contributed by atoms with van der Waals surface area (Å²) in [5.74, 6) is -3.86. The first kappa shape index (κ1) is 26.4. The van der Waals surface area contributed by atoms with E-state index in [-0.39, 0.29) is 42.4 Å². The summed E-state index contributed by atoms with van der Waals surface area (Å²) in [5, 5.41) is 31.1. The number of carbonyl (C=O) groups is 4. The Morgan fingerprint density at radius 2 is 1.21 bits per heavy atom. The largest absolute Gasteiger partial charge is 0.481 e. The van der Waals surface area contributed by atoms with Crippen molar-refractivity contribution in [2.75, 3.05) is 0 Å². The van der Waals surface area contributed by atoms with Gasteiger partial charge in [0.2, 0.25) is 0 Å². The van der Waals surface area contributed by atoms with Gasteiger partial charge in [-0.3, -0.25) is 19.2 Å². The molecule has 0 rings (SSSR count). The van der Waals surface area contributed by atoms with Crippen molar-refractivity contribution >= 4 is 53.4 Å². The van der Waals surface area contributed by atoms with Crippen LogP contribution in [0.3, 0.4) is 0 Å². The van der Waals surface area contributed by atoms with Crippen LogP contribution in [0.2, 0.25) is 0 Å². The van der Waals surface area contributed by atoms with E-state index >= 15 is 0 Å². The average molecular weight is 290 g/mol. The van der Waals surface area contributed by atoms with Crippen molar-refractivity contribution in [1.82, 2.24) is 0 Å². The molecule has 0 saturated carbocycles. The summed E-state index contributed by atoms with van der Waals surface area (Å²) in [4.78, 5) is 37.9. The third kappa shape index (κ3) is 60.3. The van der Waals surface area contributed by atoms with Crippen molar-refractivity contribution in [3.05, 3.63) is 0 Å². The predicted molar refractivity (Wildman–Crippen MR) is 64.9 cm³/mol. The molecule has 0 saturated heterocycles. The molecule has 0 heterocycles. The number of nitrogens with two attached hydrogens (primary N) is 1. The van der Waals surface area contributed by atoms with Crippen LogP contribution in [0, 0.1) is 0 Å². The molecule has 10 heteroatoms. The molecule has 1 atom stereocenters. The second kappa shape index (κ2) is 16.8. The zero-order valence-corrected chi connectivity index (χ0v) is 13.0. The van der Waals surface area contributed by atoms with Gasteiger partial charge >= 0.3 is 11.9 Å². The second-order valence-corrected chi connectivity index (χ2v) is 2.92. The van der Waals surface area contributed by atoms with Gasteiger partial charge in [-0.1, -0.05) is 0 Å². The van der Waals surface area contributed by atoms with Gasteiger partial charge in [-0.25, -0.2) is 0 Å². The van der Waals surface area contributed by atoms with Crippen molar-refractivity contribution < 1.29 is 39.6 Å². The monoisotopic (exact) mass is 290 g/mol. The van der Waals surface area contributed by atoms with Crippen molar-refractivity contribution in [3.63, 3.8) is 0 Å². The third-order valence-electron chi connectivity index (χ3n) is 0.986. The van der Waals surface area contributed by atoms with Crippen LogP contribution in [-0.4, -0.2) is 79.9 Å². The molecule has 6 N–H and O–H groups in total. The molecular weight excluding hydrogens is 273 g/mol. The molecule has 0 amide bonds. The van der Waals surface area contributed by atoms with E-state index in [1.165, 1.54) is 0 Å². The van der Waals surface area contributed by atoms with Crippen LogP contribution < -0.4 is 5.73 Å². The maximum absolute atomic E-state index is 9.99. The second-order valence-electron chi connectivity index (χ2n) is 2.92. The van der Waals surface area contributed by atoms with Crippen LogP contribution in [0.15, 0.2) is 0 Å². The van der Waals surface area contributed by atoms with Crippen LogP contribution in [0.5, 0.6) is 0 Å². The zero-order valence-electron chi connectivity index (χ0n) is 11.0. The van der Waals surface area contributed by atoms with Crippen molar-refractivity contribution in [1.29, 1.82) is 0 Å². The fourth-order valence-electron chi connectivity index (χ4n) is 0.402.